The van der Waals surface area contributed by atoms with Gasteiger partial charge in [0.05, 0.1) is 4.92 Å². The molecule has 1 aliphatic rings. The average Bonchev–Trinajstić information content (AvgIpc) is 3.23. The normalized spacial score (nSPS) is 14.3. The summed E-state index contributed by atoms with van der Waals surface area (Å²) in [4.78, 5) is 15.9. The summed E-state index contributed by atoms with van der Waals surface area (Å²) >= 11 is 0. The second kappa shape index (κ2) is 9.32. The number of hydrogen-bond acceptors (Lipinski definition) is 5. The van der Waals surface area contributed by atoms with Crippen LogP contribution in [-0.4, -0.2) is 20.3 Å². The highest BCUT2D eigenvalue weighted by atomic mass is 16.6. The minimum Gasteiger partial charge on any atom is -0.485 e. The highest BCUT2D eigenvalue weighted by molar-refractivity contribution is 5.79. The Morgan fingerprint density at radius 3 is 2.64 bits per heavy atom. The van der Waals surface area contributed by atoms with E-state index in [0.29, 0.717) is 35.3 Å². The van der Waals surface area contributed by atoms with Crippen molar-refractivity contribution in [3.63, 3.8) is 0 Å². The molecule has 2 heterocycles. The summed E-state index contributed by atoms with van der Waals surface area (Å²) < 4.78 is 8.15. The van der Waals surface area contributed by atoms with Crippen molar-refractivity contribution in [1.82, 2.24) is 9.38 Å². The molecule has 1 N–H and O–H groups in total. The zero-order valence-electron chi connectivity index (χ0n) is 18.3. The molecule has 33 heavy (non-hydrogen) atoms. The number of rotatable bonds is 7. The number of aromatic nitrogens is 2. The van der Waals surface area contributed by atoms with Crippen molar-refractivity contribution in [3.05, 3.63) is 88.6 Å². The van der Waals surface area contributed by atoms with E-state index in [-0.39, 0.29) is 10.6 Å². The number of nitrogens with one attached hydrogen (secondary N) is 1. The van der Waals surface area contributed by atoms with Crippen molar-refractivity contribution >= 4 is 17.2 Å². The molecule has 0 atom stereocenters. The Kier molecular flexibility index (Phi) is 5.93. The number of pyridine rings is 1. The number of anilines is 1. The Morgan fingerprint density at radius 2 is 1.85 bits per heavy atom. The van der Waals surface area contributed by atoms with Gasteiger partial charge in [-0.15, -0.1) is 0 Å². The van der Waals surface area contributed by atoms with Gasteiger partial charge in [0.2, 0.25) is 0 Å². The van der Waals surface area contributed by atoms with E-state index in [1.807, 2.05) is 59.1 Å². The Morgan fingerprint density at radius 1 is 1.03 bits per heavy atom. The second-order valence-corrected chi connectivity index (χ2v) is 8.44. The first-order valence-corrected chi connectivity index (χ1v) is 11.4. The molecule has 0 saturated heterocycles. The molecule has 5 rings (SSSR count). The Hall–Kier alpha value is -3.87. The van der Waals surface area contributed by atoms with Crippen molar-refractivity contribution in [1.29, 1.82) is 0 Å². The number of imidazole rings is 1. The predicted molar refractivity (Wildman–Crippen MR) is 129 cm³/mol. The summed E-state index contributed by atoms with van der Waals surface area (Å²) in [5, 5.41) is 15.1. The molecular formula is C26H26N4O3. The molecule has 0 unspecified atom stereocenters. The fourth-order valence-corrected chi connectivity index (χ4v) is 4.44. The van der Waals surface area contributed by atoms with Gasteiger partial charge < -0.3 is 10.1 Å². The fraction of sp³-hybridized carbons (Fsp3) is 0.269. The SMILES string of the molecule is O=[N+]([O-])c1cccc(-c2nc3c(OCc4ccccc4)cccn3c2NC2CCCCC2)c1. The molecule has 4 aromatic rings. The lowest BCUT2D eigenvalue weighted by Gasteiger charge is -2.24. The van der Waals surface area contributed by atoms with Gasteiger partial charge in [0.25, 0.3) is 5.69 Å². The molecule has 1 fully saturated rings. The highest BCUT2D eigenvalue weighted by Crippen LogP contribution is 2.35. The number of nitrogens with zero attached hydrogens (tertiary/aromatic N) is 3. The van der Waals surface area contributed by atoms with Gasteiger partial charge in [0.1, 0.15) is 18.1 Å². The molecule has 2 aromatic heterocycles. The van der Waals surface area contributed by atoms with E-state index >= 15 is 0 Å². The van der Waals surface area contributed by atoms with E-state index in [0.717, 1.165) is 24.2 Å². The molecule has 0 amide bonds. The van der Waals surface area contributed by atoms with E-state index in [1.54, 1.807) is 12.1 Å². The number of nitro groups is 1. The summed E-state index contributed by atoms with van der Waals surface area (Å²) in [5.41, 5.74) is 3.22. The molecule has 0 radical (unpaired) electrons. The number of hydrogen-bond donors (Lipinski definition) is 1. The Labute approximate surface area is 192 Å². The van der Waals surface area contributed by atoms with Crippen LogP contribution < -0.4 is 10.1 Å². The lowest BCUT2D eigenvalue weighted by molar-refractivity contribution is -0.384. The molecule has 0 aliphatic heterocycles. The monoisotopic (exact) mass is 442 g/mol. The molecule has 1 saturated carbocycles. The van der Waals surface area contributed by atoms with Gasteiger partial charge in [0.15, 0.2) is 11.4 Å². The summed E-state index contributed by atoms with van der Waals surface area (Å²) in [6.45, 7) is 0.435. The van der Waals surface area contributed by atoms with E-state index in [1.165, 1.54) is 25.3 Å². The molecule has 168 valence electrons. The number of ether oxygens (including phenoxy) is 1. The van der Waals surface area contributed by atoms with Crippen molar-refractivity contribution in [2.45, 2.75) is 44.8 Å². The summed E-state index contributed by atoms with van der Waals surface area (Å²) in [6.07, 6.45) is 7.83. The van der Waals surface area contributed by atoms with Crippen LogP contribution in [0.4, 0.5) is 11.5 Å². The smallest absolute Gasteiger partial charge is 0.270 e. The van der Waals surface area contributed by atoms with Crippen molar-refractivity contribution < 1.29 is 9.66 Å². The largest absolute Gasteiger partial charge is 0.485 e. The lowest BCUT2D eigenvalue weighted by Crippen LogP contribution is -2.23. The van der Waals surface area contributed by atoms with Crippen LogP contribution >= 0.6 is 0 Å². The van der Waals surface area contributed by atoms with E-state index in [9.17, 15) is 10.1 Å². The van der Waals surface area contributed by atoms with Crippen LogP contribution in [0.3, 0.4) is 0 Å². The summed E-state index contributed by atoms with van der Waals surface area (Å²) in [5.74, 6) is 1.52. The minimum atomic E-state index is -0.373. The quantitative estimate of drug-likeness (QED) is 0.271. The molecule has 7 nitrogen and oxygen atoms in total. The third-order valence-corrected chi connectivity index (χ3v) is 6.13. The minimum absolute atomic E-state index is 0.0497. The summed E-state index contributed by atoms with van der Waals surface area (Å²) in [7, 11) is 0. The molecule has 0 bridgehead atoms. The van der Waals surface area contributed by atoms with Crippen LogP contribution in [-0.2, 0) is 6.61 Å². The zero-order valence-corrected chi connectivity index (χ0v) is 18.3. The Bertz CT molecular complexity index is 1260. The second-order valence-electron chi connectivity index (χ2n) is 8.44. The molecule has 2 aromatic carbocycles. The Balaban J connectivity index is 1.57. The standard InChI is InChI=1S/C26H26N4O3/c31-30(32)22-14-7-11-20(17-22)24-26(27-21-12-5-2-6-13-21)29-16-8-15-23(25(29)28-24)33-18-19-9-3-1-4-10-19/h1,3-4,7-11,14-17,21,27H,2,5-6,12-13,18H2. The van der Waals surface area contributed by atoms with E-state index in [4.69, 9.17) is 9.72 Å². The van der Waals surface area contributed by atoms with Crippen LogP contribution in [0, 0.1) is 10.1 Å². The first-order valence-electron chi connectivity index (χ1n) is 11.4. The molecule has 7 heteroatoms. The third-order valence-electron chi connectivity index (χ3n) is 6.13. The maximum atomic E-state index is 11.4. The number of fused-ring (bicyclic) bond motifs is 1. The fourth-order valence-electron chi connectivity index (χ4n) is 4.44. The van der Waals surface area contributed by atoms with Gasteiger partial charge >= 0.3 is 0 Å². The lowest BCUT2D eigenvalue weighted by atomic mass is 9.95. The maximum Gasteiger partial charge on any atom is 0.270 e. The number of non-ortho nitro benzene ring substituents is 1. The molecular weight excluding hydrogens is 416 g/mol. The van der Waals surface area contributed by atoms with Gasteiger partial charge in [-0.25, -0.2) is 4.98 Å². The van der Waals surface area contributed by atoms with E-state index < -0.39 is 0 Å². The predicted octanol–water partition coefficient (Wildman–Crippen LogP) is 6.23. The highest BCUT2D eigenvalue weighted by Gasteiger charge is 2.22. The number of nitro benzene ring substituents is 1. The van der Waals surface area contributed by atoms with Crippen LogP contribution in [0.25, 0.3) is 16.9 Å². The van der Waals surface area contributed by atoms with Gasteiger partial charge in [0, 0.05) is 29.9 Å². The van der Waals surface area contributed by atoms with E-state index in [2.05, 4.69) is 5.32 Å². The van der Waals surface area contributed by atoms with Gasteiger partial charge in [-0.05, 0) is 30.5 Å². The maximum absolute atomic E-state index is 11.4. The average molecular weight is 443 g/mol. The third kappa shape index (κ3) is 4.53. The van der Waals surface area contributed by atoms with Crippen molar-refractivity contribution in [2.75, 3.05) is 5.32 Å². The van der Waals surface area contributed by atoms with Crippen LogP contribution in [0.1, 0.15) is 37.7 Å². The van der Waals surface area contributed by atoms with Crippen molar-refractivity contribution in [3.8, 4) is 17.0 Å². The van der Waals surface area contributed by atoms with Gasteiger partial charge in [-0.3, -0.25) is 14.5 Å². The van der Waals surface area contributed by atoms with Crippen molar-refractivity contribution in [2.24, 2.45) is 0 Å². The topological polar surface area (TPSA) is 81.7 Å². The molecule has 0 spiro atoms. The van der Waals surface area contributed by atoms with Crippen LogP contribution in [0.15, 0.2) is 72.9 Å². The van der Waals surface area contributed by atoms with Gasteiger partial charge in [-0.1, -0.05) is 61.7 Å². The zero-order chi connectivity index (χ0) is 22.6. The summed E-state index contributed by atoms with van der Waals surface area (Å²) in [6, 6.07) is 20.9. The first-order chi connectivity index (χ1) is 16.2. The van der Waals surface area contributed by atoms with Crippen LogP contribution in [0.5, 0.6) is 5.75 Å². The van der Waals surface area contributed by atoms with Crippen LogP contribution in [0.2, 0.25) is 0 Å². The first kappa shape index (κ1) is 21.0. The van der Waals surface area contributed by atoms with Gasteiger partial charge in [-0.2, -0.15) is 0 Å². The number of benzene rings is 2. The molecule has 1 aliphatic carbocycles.